The Bertz CT molecular complexity index is 593. The van der Waals surface area contributed by atoms with Gasteiger partial charge in [-0.25, -0.2) is 0 Å². The fourth-order valence-corrected chi connectivity index (χ4v) is 3.92. The molecule has 37 heavy (non-hydrogen) atoms. The Labute approximate surface area is 226 Å². The van der Waals surface area contributed by atoms with E-state index in [1.165, 1.54) is 58.3 Å². The molecule has 0 aliphatic carbocycles. The maximum absolute atomic E-state index is 11.8. The van der Waals surface area contributed by atoms with Crippen LogP contribution >= 0.6 is 0 Å². The summed E-state index contributed by atoms with van der Waals surface area (Å²) in [6, 6.07) is 0. The first-order valence-electron chi connectivity index (χ1n) is 14.7. The predicted molar refractivity (Wildman–Crippen MR) is 149 cm³/mol. The normalized spacial score (nSPS) is 11.2. The molecule has 0 fully saturated rings. The Morgan fingerprint density at radius 3 is 1.70 bits per heavy atom. The predicted octanol–water partition coefficient (Wildman–Crippen LogP) is 6.78. The Morgan fingerprint density at radius 2 is 1.14 bits per heavy atom. The van der Waals surface area contributed by atoms with E-state index in [-0.39, 0.29) is 31.1 Å². The third-order valence-corrected chi connectivity index (χ3v) is 6.15. The van der Waals surface area contributed by atoms with Gasteiger partial charge in [0.2, 0.25) is 0 Å². The maximum Gasteiger partial charge on any atom is 0.320 e. The van der Waals surface area contributed by atoms with Crippen LogP contribution in [0.3, 0.4) is 0 Å². The van der Waals surface area contributed by atoms with Crippen LogP contribution in [-0.4, -0.2) is 62.8 Å². The zero-order valence-electron chi connectivity index (χ0n) is 24.1. The average molecular weight is 526 g/mol. The molecule has 0 unspecified atom stereocenters. The summed E-state index contributed by atoms with van der Waals surface area (Å²) in [5, 5.41) is 0. The molecule has 0 spiro atoms. The molecule has 0 aromatic rings. The molecule has 216 valence electrons. The summed E-state index contributed by atoms with van der Waals surface area (Å²) in [7, 11) is 1.80. The summed E-state index contributed by atoms with van der Waals surface area (Å²) in [5.74, 6) is -0.600. The topological polar surface area (TPSA) is 82.1 Å². The average Bonchev–Trinajstić information content (AvgIpc) is 2.85. The van der Waals surface area contributed by atoms with Crippen LogP contribution in [0.2, 0.25) is 0 Å². The van der Waals surface area contributed by atoms with E-state index >= 15 is 0 Å². The molecule has 0 N–H and O–H groups in total. The number of esters is 3. The molecule has 0 aliphatic heterocycles. The van der Waals surface area contributed by atoms with Crippen molar-refractivity contribution in [1.29, 1.82) is 0 Å². The van der Waals surface area contributed by atoms with Crippen molar-refractivity contribution in [2.75, 3.05) is 40.0 Å². The number of rotatable bonds is 26. The van der Waals surface area contributed by atoms with Crippen molar-refractivity contribution in [3.8, 4) is 0 Å². The molecular formula is C30H55NO6. The molecule has 0 atom stereocenters. The largest absolute Gasteiger partial charge is 0.466 e. The molecule has 7 nitrogen and oxygen atoms in total. The van der Waals surface area contributed by atoms with E-state index in [4.69, 9.17) is 14.2 Å². The van der Waals surface area contributed by atoms with E-state index in [1.54, 1.807) is 11.9 Å². The van der Waals surface area contributed by atoms with Gasteiger partial charge in [-0.3, -0.25) is 19.3 Å². The monoisotopic (exact) mass is 525 g/mol. The number of hydrogen-bond donors (Lipinski definition) is 0. The van der Waals surface area contributed by atoms with Gasteiger partial charge in [-0.15, -0.1) is 0 Å². The van der Waals surface area contributed by atoms with Gasteiger partial charge < -0.3 is 14.2 Å². The second-order valence-corrected chi connectivity index (χ2v) is 9.89. The summed E-state index contributed by atoms with van der Waals surface area (Å²) in [6.45, 7) is 5.53. The first kappa shape index (κ1) is 35.1. The Hall–Kier alpha value is -1.89. The van der Waals surface area contributed by atoms with Gasteiger partial charge in [-0.2, -0.15) is 0 Å². The minimum atomic E-state index is -0.315. The lowest BCUT2D eigenvalue weighted by atomic mass is 10.1. The quantitative estimate of drug-likeness (QED) is 0.0533. The van der Waals surface area contributed by atoms with E-state index in [1.807, 2.05) is 0 Å². The third kappa shape index (κ3) is 28.5. The SMILES string of the molecule is CC/C=C/CCCCCCCCC(=O)OCCCCCCCCCCOC(=O)CN(C)CCOC(C)=O. The van der Waals surface area contributed by atoms with Crippen molar-refractivity contribution in [1.82, 2.24) is 4.90 Å². The number of hydrogen-bond acceptors (Lipinski definition) is 7. The van der Waals surface area contributed by atoms with E-state index in [0.29, 0.717) is 26.2 Å². The smallest absolute Gasteiger partial charge is 0.320 e. The minimum absolute atomic E-state index is 0.0425. The van der Waals surface area contributed by atoms with Crippen molar-refractivity contribution < 1.29 is 28.6 Å². The Kier molecular flexibility index (Phi) is 25.8. The number of nitrogens with zero attached hydrogens (tertiary/aromatic N) is 1. The van der Waals surface area contributed by atoms with Crippen LogP contribution in [0.15, 0.2) is 12.2 Å². The molecule has 0 saturated heterocycles. The van der Waals surface area contributed by atoms with E-state index in [2.05, 4.69) is 19.1 Å². The molecule has 0 radical (unpaired) electrons. The lowest BCUT2D eigenvalue weighted by Crippen LogP contribution is -2.30. The summed E-state index contributed by atoms with van der Waals surface area (Å²) < 4.78 is 15.5. The molecule has 0 rings (SSSR count). The second kappa shape index (κ2) is 27.2. The first-order chi connectivity index (χ1) is 18.0. The van der Waals surface area contributed by atoms with E-state index in [0.717, 1.165) is 51.4 Å². The van der Waals surface area contributed by atoms with Gasteiger partial charge >= 0.3 is 17.9 Å². The van der Waals surface area contributed by atoms with Crippen LogP contribution in [0, 0.1) is 0 Å². The maximum atomic E-state index is 11.8. The molecule has 7 heteroatoms. The van der Waals surface area contributed by atoms with Crippen LogP contribution in [0.4, 0.5) is 0 Å². The Balaban J connectivity index is 3.32. The van der Waals surface area contributed by atoms with Crippen LogP contribution in [0.1, 0.15) is 123 Å². The highest BCUT2D eigenvalue weighted by atomic mass is 16.5. The zero-order valence-corrected chi connectivity index (χ0v) is 24.1. The highest BCUT2D eigenvalue weighted by Gasteiger charge is 2.08. The van der Waals surface area contributed by atoms with Crippen LogP contribution < -0.4 is 0 Å². The van der Waals surface area contributed by atoms with Gasteiger partial charge in [-0.05, 0) is 45.6 Å². The van der Waals surface area contributed by atoms with E-state index in [9.17, 15) is 14.4 Å². The van der Waals surface area contributed by atoms with Crippen molar-refractivity contribution >= 4 is 17.9 Å². The second-order valence-electron chi connectivity index (χ2n) is 9.89. The van der Waals surface area contributed by atoms with Crippen molar-refractivity contribution in [2.24, 2.45) is 0 Å². The van der Waals surface area contributed by atoms with Gasteiger partial charge in [-0.1, -0.05) is 83.3 Å². The van der Waals surface area contributed by atoms with Crippen LogP contribution in [0.5, 0.6) is 0 Å². The number of unbranched alkanes of at least 4 members (excludes halogenated alkanes) is 13. The fourth-order valence-electron chi connectivity index (χ4n) is 3.92. The van der Waals surface area contributed by atoms with Gasteiger partial charge in [0.15, 0.2) is 0 Å². The Morgan fingerprint density at radius 1 is 0.622 bits per heavy atom. The third-order valence-electron chi connectivity index (χ3n) is 6.15. The van der Waals surface area contributed by atoms with E-state index < -0.39 is 0 Å². The lowest BCUT2D eigenvalue weighted by molar-refractivity contribution is -0.146. The molecule has 0 aromatic heterocycles. The molecule has 0 bridgehead atoms. The molecule has 0 aliphatic rings. The van der Waals surface area contributed by atoms with Gasteiger partial charge in [0.1, 0.15) is 6.61 Å². The number of likely N-dealkylation sites (N-methyl/N-ethyl adjacent to an activating group) is 1. The van der Waals surface area contributed by atoms with Crippen molar-refractivity contribution in [2.45, 2.75) is 123 Å². The molecule has 0 amide bonds. The summed E-state index contributed by atoms with van der Waals surface area (Å²) in [5.41, 5.74) is 0. The molecule has 0 aromatic carbocycles. The van der Waals surface area contributed by atoms with Crippen LogP contribution in [-0.2, 0) is 28.6 Å². The van der Waals surface area contributed by atoms with Crippen LogP contribution in [0.25, 0.3) is 0 Å². The summed E-state index contributed by atoms with van der Waals surface area (Å²) >= 11 is 0. The highest BCUT2D eigenvalue weighted by molar-refractivity contribution is 5.71. The molecular weight excluding hydrogens is 470 g/mol. The fraction of sp³-hybridized carbons (Fsp3) is 0.833. The zero-order chi connectivity index (χ0) is 27.4. The number of carbonyl (C=O) groups is 3. The minimum Gasteiger partial charge on any atom is -0.466 e. The standard InChI is InChI=1S/C30H55NO6/c1-4-5-6-7-8-9-10-13-16-19-22-29(33)36-24-20-17-14-11-12-15-18-21-25-37-30(34)27-31(3)23-26-35-28(2)32/h5-6H,4,7-27H2,1-3H3/b6-5+. The van der Waals surface area contributed by atoms with Crippen molar-refractivity contribution in [3.63, 3.8) is 0 Å². The highest BCUT2D eigenvalue weighted by Crippen LogP contribution is 2.11. The number of ether oxygens (including phenoxy) is 3. The lowest BCUT2D eigenvalue weighted by Gasteiger charge is -2.15. The summed E-state index contributed by atoms with van der Waals surface area (Å²) in [6.07, 6.45) is 23.2. The van der Waals surface area contributed by atoms with Gasteiger partial charge in [0.25, 0.3) is 0 Å². The molecule has 0 saturated carbocycles. The molecule has 0 heterocycles. The van der Waals surface area contributed by atoms with Gasteiger partial charge in [0.05, 0.1) is 19.8 Å². The van der Waals surface area contributed by atoms with Gasteiger partial charge in [0, 0.05) is 19.9 Å². The summed E-state index contributed by atoms with van der Waals surface area (Å²) in [4.78, 5) is 36.1. The van der Waals surface area contributed by atoms with Crippen molar-refractivity contribution in [3.05, 3.63) is 12.2 Å². The number of allylic oxidation sites excluding steroid dienone is 2. The first-order valence-corrected chi connectivity index (χ1v) is 14.7. The number of carbonyl (C=O) groups excluding carboxylic acids is 3.